The number of aliphatic imine (C=N–C) groups is 1. The van der Waals surface area contributed by atoms with E-state index < -0.39 is 6.10 Å². The van der Waals surface area contributed by atoms with Crippen molar-refractivity contribution in [2.24, 2.45) is 10.9 Å². The molecule has 162 valence electrons. The number of aliphatic hydroxyl groups excluding tert-OH is 1. The van der Waals surface area contributed by atoms with Gasteiger partial charge in [0.25, 0.3) is 0 Å². The number of carbonyl (C=O) groups is 1. The maximum atomic E-state index is 11.9. The van der Waals surface area contributed by atoms with E-state index in [-0.39, 0.29) is 18.4 Å². The molecule has 1 saturated heterocycles. The van der Waals surface area contributed by atoms with Gasteiger partial charge in [0, 0.05) is 25.2 Å². The summed E-state index contributed by atoms with van der Waals surface area (Å²) >= 11 is 0. The Bertz CT molecular complexity index is 687. The molecule has 0 bridgehead atoms. The van der Waals surface area contributed by atoms with E-state index >= 15 is 0 Å². The van der Waals surface area contributed by atoms with E-state index in [0.29, 0.717) is 36.8 Å². The van der Waals surface area contributed by atoms with Crippen LogP contribution in [0.2, 0.25) is 0 Å². The molecule has 2 rings (SSSR count). The monoisotopic (exact) mass is 407 g/mol. The molecule has 1 aliphatic rings. The number of piperidine rings is 1. The number of hydrogen-bond donors (Lipinski definition) is 2. The summed E-state index contributed by atoms with van der Waals surface area (Å²) in [7, 11) is 3.15. The molecule has 1 atom stereocenters. The standard InChI is InChI=1S/C21H33N3O5/c1-5-22-21(24-11-9-15(10-12-24)20(26)29-6-2)23-14-18(25)17-13-16(27-3)7-8-19(17)28-4/h7-8,13,15,18,25H,5-6,9-12,14H2,1-4H3,(H,22,23). The van der Waals surface area contributed by atoms with Crippen molar-refractivity contribution in [2.45, 2.75) is 32.8 Å². The molecular formula is C21H33N3O5. The van der Waals surface area contributed by atoms with Crippen LogP contribution in [0.25, 0.3) is 0 Å². The fourth-order valence-electron chi connectivity index (χ4n) is 3.38. The molecule has 1 aliphatic heterocycles. The van der Waals surface area contributed by atoms with Gasteiger partial charge in [0.15, 0.2) is 5.96 Å². The third-order valence-electron chi connectivity index (χ3n) is 4.96. The lowest BCUT2D eigenvalue weighted by molar-refractivity contribution is -0.149. The normalized spacial score (nSPS) is 16.3. The van der Waals surface area contributed by atoms with Crippen molar-refractivity contribution in [1.29, 1.82) is 0 Å². The number of hydrogen-bond acceptors (Lipinski definition) is 6. The van der Waals surface area contributed by atoms with Crippen LogP contribution < -0.4 is 14.8 Å². The van der Waals surface area contributed by atoms with Crippen LogP contribution >= 0.6 is 0 Å². The predicted octanol–water partition coefficient (Wildman–Crippen LogP) is 1.98. The van der Waals surface area contributed by atoms with Gasteiger partial charge in [-0.1, -0.05) is 0 Å². The van der Waals surface area contributed by atoms with Crippen LogP contribution in [0.15, 0.2) is 23.2 Å². The first-order valence-corrected chi connectivity index (χ1v) is 10.1. The van der Waals surface area contributed by atoms with Crippen molar-refractivity contribution in [2.75, 3.05) is 47.0 Å². The molecule has 0 amide bonds. The highest BCUT2D eigenvalue weighted by molar-refractivity contribution is 5.80. The van der Waals surface area contributed by atoms with Crippen molar-refractivity contribution in [3.8, 4) is 11.5 Å². The molecule has 8 nitrogen and oxygen atoms in total. The number of esters is 1. The summed E-state index contributed by atoms with van der Waals surface area (Å²) in [5, 5.41) is 14.0. The second kappa shape index (κ2) is 11.5. The highest BCUT2D eigenvalue weighted by Crippen LogP contribution is 2.29. The SMILES string of the molecule is CCNC(=NCC(O)c1cc(OC)ccc1OC)N1CCC(C(=O)OCC)CC1. The number of guanidine groups is 1. The van der Waals surface area contributed by atoms with Gasteiger partial charge in [0.2, 0.25) is 0 Å². The predicted molar refractivity (Wildman–Crippen MR) is 111 cm³/mol. The highest BCUT2D eigenvalue weighted by atomic mass is 16.5. The Labute approximate surface area is 172 Å². The molecular weight excluding hydrogens is 374 g/mol. The second-order valence-electron chi connectivity index (χ2n) is 6.83. The lowest BCUT2D eigenvalue weighted by atomic mass is 9.97. The molecule has 0 aromatic heterocycles. The van der Waals surface area contributed by atoms with Gasteiger partial charge >= 0.3 is 5.97 Å². The van der Waals surface area contributed by atoms with Gasteiger partial charge in [-0.25, -0.2) is 0 Å². The average Bonchev–Trinajstić information content (AvgIpc) is 2.76. The Balaban J connectivity index is 2.05. The lowest BCUT2D eigenvalue weighted by Crippen LogP contribution is -2.47. The van der Waals surface area contributed by atoms with Gasteiger partial charge in [-0.3, -0.25) is 9.79 Å². The minimum absolute atomic E-state index is 0.0549. The van der Waals surface area contributed by atoms with Crippen LogP contribution in [-0.4, -0.2) is 68.9 Å². The van der Waals surface area contributed by atoms with E-state index in [1.807, 2.05) is 13.8 Å². The molecule has 0 radical (unpaired) electrons. The molecule has 2 N–H and O–H groups in total. The molecule has 1 heterocycles. The van der Waals surface area contributed by atoms with Gasteiger partial charge in [-0.2, -0.15) is 0 Å². The summed E-state index contributed by atoms with van der Waals surface area (Å²) in [5.41, 5.74) is 0.632. The average molecular weight is 408 g/mol. The van der Waals surface area contributed by atoms with Crippen molar-refractivity contribution in [1.82, 2.24) is 10.2 Å². The summed E-state index contributed by atoms with van der Waals surface area (Å²) in [6.07, 6.45) is 0.635. The molecule has 0 saturated carbocycles. The van der Waals surface area contributed by atoms with Crippen LogP contribution in [0.1, 0.15) is 38.4 Å². The third-order valence-corrected chi connectivity index (χ3v) is 4.96. The zero-order valence-electron chi connectivity index (χ0n) is 17.8. The van der Waals surface area contributed by atoms with Gasteiger partial charge in [-0.15, -0.1) is 0 Å². The Morgan fingerprint density at radius 3 is 2.59 bits per heavy atom. The Hall–Kier alpha value is -2.48. The molecule has 8 heteroatoms. The summed E-state index contributed by atoms with van der Waals surface area (Å²) < 4.78 is 15.7. The Morgan fingerprint density at radius 1 is 1.28 bits per heavy atom. The molecule has 1 unspecified atom stereocenters. The summed E-state index contributed by atoms with van der Waals surface area (Å²) in [6.45, 7) is 6.57. The quantitative estimate of drug-likeness (QED) is 0.387. The third kappa shape index (κ3) is 6.25. The largest absolute Gasteiger partial charge is 0.497 e. The Morgan fingerprint density at radius 2 is 2.00 bits per heavy atom. The number of nitrogens with zero attached hydrogens (tertiary/aromatic N) is 2. The number of carbonyl (C=O) groups excluding carboxylic acids is 1. The van der Waals surface area contributed by atoms with Crippen LogP contribution in [0.4, 0.5) is 0 Å². The maximum absolute atomic E-state index is 11.9. The molecule has 0 aliphatic carbocycles. The van der Waals surface area contributed by atoms with Gasteiger partial charge in [-0.05, 0) is 44.9 Å². The number of aliphatic hydroxyl groups is 1. The zero-order valence-corrected chi connectivity index (χ0v) is 17.8. The summed E-state index contributed by atoms with van der Waals surface area (Å²) in [6, 6.07) is 5.32. The van der Waals surface area contributed by atoms with Crippen molar-refractivity contribution >= 4 is 11.9 Å². The molecule has 1 aromatic rings. The van der Waals surface area contributed by atoms with Crippen molar-refractivity contribution in [3.63, 3.8) is 0 Å². The van der Waals surface area contributed by atoms with Crippen molar-refractivity contribution in [3.05, 3.63) is 23.8 Å². The molecule has 0 spiro atoms. The van der Waals surface area contributed by atoms with E-state index in [1.54, 1.807) is 32.4 Å². The first-order chi connectivity index (χ1) is 14.0. The van der Waals surface area contributed by atoms with Crippen LogP contribution in [0.3, 0.4) is 0 Å². The van der Waals surface area contributed by atoms with Gasteiger partial charge < -0.3 is 29.5 Å². The fraction of sp³-hybridized carbons (Fsp3) is 0.619. The number of rotatable bonds is 8. The molecule has 1 aromatic carbocycles. The highest BCUT2D eigenvalue weighted by Gasteiger charge is 2.27. The number of likely N-dealkylation sites (tertiary alicyclic amines) is 1. The molecule has 29 heavy (non-hydrogen) atoms. The van der Waals surface area contributed by atoms with Gasteiger partial charge in [0.05, 0.1) is 33.3 Å². The smallest absolute Gasteiger partial charge is 0.309 e. The van der Waals surface area contributed by atoms with E-state index in [2.05, 4.69) is 15.2 Å². The fourth-order valence-corrected chi connectivity index (χ4v) is 3.38. The lowest BCUT2D eigenvalue weighted by Gasteiger charge is -2.33. The van der Waals surface area contributed by atoms with E-state index in [1.165, 1.54) is 0 Å². The first kappa shape index (κ1) is 22.8. The van der Waals surface area contributed by atoms with Crippen LogP contribution in [0, 0.1) is 5.92 Å². The maximum Gasteiger partial charge on any atom is 0.309 e. The summed E-state index contributed by atoms with van der Waals surface area (Å²) in [4.78, 5) is 18.7. The Kier molecular flexibility index (Phi) is 9.05. The zero-order chi connectivity index (χ0) is 21.2. The molecule has 1 fully saturated rings. The topological polar surface area (TPSA) is 92.6 Å². The van der Waals surface area contributed by atoms with E-state index in [9.17, 15) is 9.90 Å². The number of methoxy groups -OCH3 is 2. The second-order valence-corrected chi connectivity index (χ2v) is 6.83. The summed E-state index contributed by atoms with van der Waals surface area (Å²) in [5.74, 6) is 1.80. The van der Waals surface area contributed by atoms with E-state index in [0.717, 1.165) is 25.3 Å². The first-order valence-electron chi connectivity index (χ1n) is 10.1. The van der Waals surface area contributed by atoms with E-state index in [4.69, 9.17) is 14.2 Å². The number of nitrogens with one attached hydrogen (secondary N) is 1. The van der Waals surface area contributed by atoms with Crippen LogP contribution in [0.5, 0.6) is 11.5 Å². The number of ether oxygens (including phenoxy) is 3. The minimum Gasteiger partial charge on any atom is -0.497 e. The van der Waals surface area contributed by atoms with Crippen molar-refractivity contribution < 1.29 is 24.1 Å². The van der Waals surface area contributed by atoms with Crippen LogP contribution in [-0.2, 0) is 9.53 Å². The number of benzene rings is 1. The van der Waals surface area contributed by atoms with Gasteiger partial charge in [0.1, 0.15) is 17.6 Å². The minimum atomic E-state index is -0.828.